The molecule has 0 amide bonds. The predicted octanol–water partition coefficient (Wildman–Crippen LogP) is 3.71. The number of nitrogens with one attached hydrogen (secondary N) is 1. The molecule has 0 atom stereocenters. The van der Waals surface area contributed by atoms with Gasteiger partial charge in [0.25, 0.3) is 0 Å². The molecule has 98 valence electrons. The van der Waals surface area contributed by atoms with E-state index < -0.39 is 0 Å². The minimum Gasteiger partial charge on any atom is -0.359 e. The van der Waals surface area contributed by atoms with Crippen molar-refractivity contribution in [3.05, 3.63) is 58.9 Å². The molecule has 19 heavy (non-hydrogen) atoms. The van der Waals surface area contributed by atoms with Crippen LogP contribution in [-0.4, -0.2) is 10.8 Å². The number of Topliss-reactive ketones (excluding diaryl/α,β-unsaturated/α-hetero) is 1. The van der Waals surface area contributed by atoms with E-state index in [2.05, 4.69) is 23.2 Å². The molecule has 2 nitrogen and oxygen atoms in total. The van der Waals surface area contributed by atoms with Gasteiger partial charge in [-0.2, -0.15) is 0 Å². The van der Waals surface area contributed by atoms with E-state index in [1.165, 1.54) is 30.4 Å². The Hall–Kier alpha value is -1.83. The first-order valence-corrected chi connectivity index (χ1v) is 7.11. The minimum atomic E-state index is 0.220. The SMILES string of the molecule is O=C(CCCc1cccc2c1CCC2)c1ccc[nH]1. The molecule has 0 fully saturated rings. The zero-order chi connectivity index (χ0) is 13.1. The van der Waals surface area contributed by atoms with Crippen LogP contribution in [0.1, 0.15) is 46.4 Å². The lowest BCUT2D eigenvalue weighted by molar-refractivity contribution is 0.0976. The van der Waals surface area contributed by atoms with Gasteiger partial charge in [-0.1, -0.05) is 18.2 Å². The van der Waals surface area contributed by atoms with Crippen molar-refractivity contribution in [3.8, 4) is 0 Å². The topological polar surface area (TPSA) is 32.9 Å². The molecule has 3 rings (SSSR count). The zero-order valence-electron chi connectivity index (χ0n) is 11.1. The Labute approximate surface area is 113 Å². The van der Waals surface area contributed by atoms with Crippen LogP contribution in [0.15, 0.2) is 36.5 Å². The van der Waals surface area contributed by atoms with Gasteiger partial charge >= 0.3 is 0 Å². The molecule has 1 aromatic heterocycles. The van der Waals surface area contributed by atoms with Crippen LogP contribution in [0, 0.1) is 0 Å². The first-order chi connectivity index (χ1) is 9.34. The van der Waals surface area contributed by atoms with Gasteiger partial charge < -0.3 is 4.98 Å². The third-order valence-corrected chi connectivity index (χ3v) is 3.99. The molecule has 0 saturated heterocycles. The summed E-state index contributed by atoms with van der Waals surface area (Å²) in [6.07, 6.45) is 8.12. The number of H-pyrrole nitrogens is 1. The van der Waals surface area contributed by atoms with Gasteiger partial charge in [-0.15, -0.1) is 0 Å². The lowest BCUT2D eigenvalue weighted by Crippen LogP contribution is -2.01. The zero-order valence-corrected chi connectivity index (χ0v) is 11.1. The summed E-state index contributed by atoms with van der Waals surface area (Å²) in [5, 5.41) is 0. The van der Waals surface area contributed by atoms with Crippen LogP contribution in [0.25, 0.3) is 0 Å². The summed E-state index contributed by atoms with van der Waals surface area (Å²) < 4.78 is 0. The summed E-state index contributed by atoms with van der Waals surface area (Å²) in [7, 11) is 0. The smallest absolute Gasteiger partial charge is 0.179 e. The van der Waals surface area contributed by atoms with Gasteiger partial charge in [-0.3, -0.25) is 4.79 Å². The highest BCUT2D eigenvalue weighted by molar-refractivity contribution is 5.94. The molecule has 0 spiro atoms. The molecule has 0 radical (unpaired) electrons. The first-order valence-electron chi connectivity index (χ1n) is 7.11. The van der Waals surface area contributed by atoms with Gasteiger partial charge in [0.05, 0.1) is 5.69 Å². The molecule has 1 aromatic carbocycles. The third kappa shape index (κ3) is 2.62. The monoisotopic (exact) mass is 253 g/mol. The van der Waals surface area contributed by atoms with E-state index in [-0.39, 0.29) is 5.78 Å². The molecule has 0 aliphatic heterocycles. The molecule has 0 saturated carbocycles. The average molecular weight is 253 g/mol. The van der Waals surface area contributed by atoms with E-state index in [0.717, 1.165) is 18.5 Å². The van der Waals surface area contributed by atoms with Crippen molar-refractivity contribution in [2.24, 2.45) is 0 Å². The molecule has 0 bridgehead atoms. The van der Waals surface area contributed by atoms with Gasteiger partial charge in [0, 0.05) is 12.6 Å². The van der Waals surface area contributed by atoms with Gasteiger partial charge in [0.1, 0.15) is 0 Å². The lowest BCUT2D eigenvalue weighted by atomic mass is 9.98. The van der Waals surface area contributed by atoms with E-state index >= 15 is 0 Å². The molecule has 1 heterocycles. The summed E-state index contributed by atoms with van der Waals surface area (Å²) >= 11 is 0. The fraction of sp³-hybridized carbons (Fsp3) is 0.353. The van der Waals surface area contributed by atoms with Crippen molar-refractivity contribution in [2.45, 2.75) is 38.5 Å². The Morgan fingerprint density at radius 2 is 2.11 bits per heavy atom. The predicted molar refractivity (Wildman–Crippen MR) is 76.5 cm³/mol. The van der Waals surface area contributed by atoms with Crippen LogP contribution >= 0.6 is 0 Å². The van der Waals surface area contributed by atoms with Crippen LogP contribution < -0.4 is 0 Å². The number of fused-ring (bicyclic) bond motifs is 1. The van der Waals surface area contributed by atoms with E-state index in [1.807, 2.05) is 12.1 Å². The van der Waals surface area contributed by atoms with Crippen LogP contribution in [0.5, 0.6) is 0 Å². The molecule has 2 aromatic rings. The third-order valence-electron chi connectivity index (χ3n) is 3.99. The minimum absolute atomic E-state index is 0.220. The van der Waals surface area contributed by atoms with Crippen molar-refractivity contribution in [1.29, 1.82) is 0 Å². The molecule has 2 heteroatoms. The van der Waals surface area contributed by atoms with Crippen molar-refractivity contribution in [1.82, 2.24) is 4.98 Å². The second kappa shape index (κ2) is 5.43. The van der Waals surface area contributed by atoms with E-state index in [1.54, 1.807) is 11.8 Å². The number of ketones is 1. The maximum atomic E-state index is 11.9. The van der Waals surface area contributed by atoms with E-state index in [0.29, 0.717) is 6.42 Å². The summed E-state index contributed by atoms with van der Waals surface area (Å²) in [4.78, 5) is 14.9. The average Bonchev–Trinajstić information content (AvgIpc) is 3.10. The standard InChI is InChI=1S/C17H19NO/c19-17(16-10-4-12-18-16)11-3-8-14-6-1-5-13-7-2-9-15(13)14/h1,4-6,10,12,18H,2-3,7-9,11H2. The van der Waals surface area contributed by atoms with Crippen molar-refractivity contribution in [2.75, 3.05) is 0 Å². The van der Waals surface area contributed by atoms with Crippen LogP contribution in [0.2, 0.25) is 0 Å². The Morgan fingerprint density at radius 1 is 1.16 bits per heavy atom. The summed E-state index contributed by atoms with van der Waals surface area (Å²) in [5.74, 6) is 0.220. The molecule has 1 N–H and O–H groups in total. The Bertz CT molecular complexity index is 569. The number of hydrogen-bond acceptors (Lipinski definition) is 1. The molecule has 1 aliphatic rings. The second-order valence-corrected chi connectivity index (χ2v) is 5.27. The fourth-order valence-electron chi connectivity index (χ4n) is 3.01. The lowest BCUT2D eigenvalue weighted by Gasteiger charge is -2.07. The van der Waals surface area contributed by atoms with Crippen LogP contribution in [0.3, 0.4) is 0 Å². The Kier molecular flexibility index (Phi) is 3.49. The van der Waals surface area contributed by atoms with E-state index in [4.69, 9.17) is 0 Å². The van der Waals surface area contributed by atoms with Crippen LogP contribution in [0.4, 0.5) is 0 Å². The number of hydrogen-bond donors (Lipinski definition) is 1. The van der Waals surface area contributed by atoms with Gasteiger partial charge in [0.2, 0.25) is 0 Å². The van der Waals surface area contributed by atoms with Crippen LogP contribution in [-0.2, 0) is 19.3 Å². The molecule has 1 aliphatic carbocycles. The number of carbonyl (C=O) groups is 1. The van der Waals surface area contributed by atoms with Gasteiger partial charge in [-0.05, 0) is 60.9 Å². The molecular formula is C17H19NO. The summed E-state index contributed by atoms with van der Waals surface area (Å²) in [5.41, 5.74) is 5.26. The maximum Gasteiger partial charge on any atom is 0.179 e. The summed E-state index contributed by atoms with van der Waals surface area (Å²) in [6, 6.07) is 10.4. The van der Waals surface area contributed by atoms with Crippen molar-refractivity contribution >= 4 is 5.78 Å². The second-order valence-electron chi connectivity index (χ2n) is 5.27. The Morgan fingerprint density at radius 3 is 2.95 bits per heavy atom. The largest absolute Gasteiger partial charge is 0.359 e. The molecule has 0 unspecified atom stereocenters. The van der Waals surface area contributed by atoms with E-state index in [9.17, 15) is 4.79 Å². The highest BCUT2D eigenvalue weighted by atomic mass is 16.1. The number of rotatable bonds is 5. The fourth-order valence-corrected chi connectivity index (χ4v) is 3.01. The van der Waals surface area contributed by atoms with Gasteiger partial charge in [-0.25, -0.2) is 0 Å². The quantitative estimate of drug-likeness (QED) is 0.809. The van der Waals surface area contributed by atoms with Crippen molar-refractivity contribution in [3.63, 3.8) is 0 Å². The normalized spacial score (nSPS) is 13.5. The number of aromatic nitrogens is 1. The van der Waals surface area contributed by atoms with Crippen molar-refractivity contribution < 1.29 is 4.79 Å². The summed E-state index contributed by atoms with van der Waals surface area (Å²) in [6.45, 7) is 0. The highest BCUT2D eigenvalue weighted by Crippen LogP contribution is 2.26. The number of carbonyl (C=O) groups excluding carboxylic acids is 1. The number of aryl methyl sites for hydroxylation is 2. The number of benzene rings is 1. The Balaban J connectivity index is 1.59. The number of aromatic amines is 1. The highest BCUT2D eigenvalue weighted by Gasteiger charge is 2.14. The maximum absolute atomic E-state index is 11.9. The molecular weight excluding hydrogens is 234 g/mol. The first kappa shape index (κ1) is 12.2. The van der Waals surface area contributed by atoms with Gasteiger partial charge in [0.15, 0.2) is 5.78 Å².